The van der Waals surface area contributed by atoms with E-state index < -0.39 is 0 Å². The Morgan fingerprint density at radius 1 is 0.846 bits per heavy atom. The Labute approximate surface area is 156 Å². The second kappa shape index (κ2) is 8.47. The van der Waals surface area contributed by atoms with Gasteiger partial charge in [-0.05, 0) is 34.7 Å². The van der Waals surface area contributed by atoms with E-state index in [4.69, 9.17) is 5.73 Å². The van der Waals surface area contributed by atoms with Crippen molar-refractivity contribution in [1.82, 2.24) is 9.80 Å². The SMILES string of the molecule is CC(C)c1ccc(CN2CCN(Cc3ccc(C(N)=O)cc3)CC2)cc1. The summed E-state index contributed by atoms with van der Waals surface area (Å²) in [6.07, 6.45) is 0. The van der Waals surface area contributed by atoms with Gasteiger partial charge < -0.3 is 5.73 Å². The van der Waals surface area contributed by atoms with Gasteiger partial charge >= 0.3 is 0 Å². The zero-order valence-corrected chi connectivity index (χ0v) is 15.8. The van der Waals surface area contributed by atoms with Crippen molar-refractivity contribution in [3.63, 3.8) is 0 Å². The molecule has 1 aliphatic rings. The molecule has 0 unspecified atom stereocenters. The molecule has 1 heterocycles. The zero-order valence-electron chi connectivity index (χ0n) is 15.8. The lowest BCUT2D eigenvalue weighted by molar-refractivity contribution is 0.1000. The van der Waals surface area contributed by atoms with Crippen LogP contribution >= 0.6 is 0 Å². The van der Waals surface area contributed by atoms with E-state index in [-0.39, 0.29) is 5.91 Å². The number of carbonyl (C=O) groups is 1. The number of hydrogen-bond acceptors (Lipinski definition) is 3. The predicted molar refractivity (Wildman–Crippen MR) is 106 cm³/mol. The number of rotatable bonds is 6. The van der Waals surface area contributed by atoms with Crippen molar-refractivity contribution in [3.05, 3.63) is 70.8 Å². The molecule has 1 amide bonds. The molecular formula is C22H29N3O. The number of carbonyl (C=O) groups excluding carboxylic acids is 1. The fourth-order valence-corrected chi connectivity index (χ4v) is 3.40. The number of amides is 1. The highest BCUT2D eigenvalue weighted by molar-refractivity contribution is 5.92. The largest absolute Gasteiger partial charge is 0.366 e. The summed E-state index contributed by atoms with van der Waals surface area (Å²) in [6.45, 7) is 10.7. The first-order chi connectivity index (χ1) is 12.5. The first kappa shape index (κ1) is 18.6. The van der Waals surface area contributed by atoms with Gasteiger partial charge in [-0.3, -0.25) is 14.6 Å². The van der Waals surface area contributed by atoms with E-state index >= 15 is 0 Å². The number of nitrogens with two attached hydrogens (primary N) is 1. The Bertz CT molecular complexity index is 714. The molecule has 0 aliphatic carbocycles. The lowest BCUT2D eigenvalue weighted by atomic mass is 10.0. The molecule has 3 rings (SSSR count). The Kier molecular flexibility index (Phi) is 6.07. The van der Waals surface area contributed by atoms with Crippen molar-refractivity contribution >= 4 is 5.91 Å². The quantitative estimate of drug-likeness (QED) is 0.869. The zero-order chi connectivity index (χ0) is 18.5. The highest BCUT2D eigenvalue weighted by Crippen LogP contribution is 2.17. The molecule has 2 N–H and O–H groups in total. The molecule has 2 aromatic carbocycles. The van der Waals surface area contributed by atoms with Crippen LogP contribution in [-0.4, -0.2) is 41.9 Å². The molecule has 0 bridgehead atoms. The number of hydrogen-bond donors (Lipinski definition) is 1. The molecular weight excluding hydrogens is 322 g/mol. The molecule has 138 valence electrons. The van der Waals surface area contributed by atoms with Gasteiger partial charge in [0.2, 0.25) is 5.91 Å². The summed E-state index contributed by atoms with van der Waals surface area (Å²) in [5, 5.41) is 0. The third kappa shape index (κ3) is 4.93. The fraction of sp³-hybridized carbons (Fsp3) is 0.409. The minimum absolute atomic E-state index is 0.369. The van der Waals surface area contributed by atoms with Crippen molar-refractivity contribution in [2.45, 2.75) is 32.9 Å². The van der Waals surface area contributed by atoms with E-state index in [2.05, 4.69) is 47.9 Å². The average Bonchev–Trinajstić information content (AvgIpc) is 2.64. The van der Waals surface area contributed by atoms with E-state index in [0.29, 0.717) is 11.5 Å². The molecule has 0 radical (unpaired) electrons. The molecule has 1 fully saturated rings. The van der Waals surface area contributed by atoms with Crippen LogP contribution < -0.4 is 5.73 Å². The van der Waals surface area contributed by atoms with E-state index in [1.54, 1.807) is 0 Å². The maximum atomic E-state index is 11.1. The number of piperazine rings is 1. The summed E-state index contributed by atoms with van der Waals surface area (Å²) in [7, 11) is 0. The molecule has 2 aromatic rings. The summed E-state index contributed by atoms with van der Waals surface area (Å²) in [4.78, 5) is 16.1. The predicted octanol–water partition coefficient (Wildman–Crippen LogP) is 3.23. The van der Waals surface area contributed by atoms with Crippen LogP contribution in [0.5, 0.6) is 0 Å². The summed E-state index contributed by atoms with van der Waals surface area (Å²) < 4.78 is 0. The van der Waals surface area contributed by atoms with Gasteiger partial charge in [-0.1, -0.05) is 50.2 Å². The van der Waals surface area contributed by atoms with Crippen molar-refractivity contribution in [2.75, 3.05) is 26.2 Å². The first-order valence-corrected chi connectivity index (χ1v) is 9.43. The topological polar surface area (TPSA) is 49.6 Å². The molecule has 0 saturated carbocycles. The normalized spacial score (nSPS) is 16.1. The Balaban J connectivity index is 1.47. The number of primary amides is 1. The van der Waals surface area contributed by atoms with Gasteiger partial charge in [-0.15, -0.1) is 0 Å². The van der Waals surface area contributed by atoms with Crippen LogP contribution in [-0.2, 0) is 13.1 Å². The molecule has 0 atom stereocenters. The summed E-state index contributed by atoms with van der Waals surface area (Å²) >= 11 is 0. The lowest BCUT2D eigenvalue weighted by Crippen LogP contribution is -2.45. The summed E-state index contributed by atoms with van der Waals surface area (Å²) in [5.74, 6) is 0.219. The van der Waals surface area contributed by atoms with Crippen molar-refractivity contribution in [3.8, 4) is 0 Å². The third-order valence-electron chi connectivity index (χ3n) is 5.16. The van der Waals surface area contributed by atoms with Gasteiger partial charge in [-0.25, -0.2) is 0 Å². The van der Waals surface area contributed by atoms with Crippen LogP contribution in [0, 0.1) is 0 Å². The van der Waals surface area contributed by atoms with Gasteiger partial charge in [0, 0.05) is 44.8 Å². The summed E-state index contributed by atoms with van der Waals surface area (Å²) in [6, 6.07) is 16.7. The number of benzene rings is 2. The maximum absolute atomic E-state index is 11.1. The fourth-order valence-electron chi connectivity index (χ4n) is 3.40. The van der Waals surface area contributed by atoms with Gasteiger partial charge in [0.25, 0.3) is 0 Å². The van der Waals surface area contributed by atoms with Crippen LogP contribution in [0.2, 0.25) is 0 Å². The maximum Gasteiger partial charge on any atom is 0.248 e. The molecule has 1 aliphatic heterocycles. The Morgan fingerprint density at radius 3 is 1.65 bits per heavy atom. The van der Waals surface area contributed by atoms with Crippen LogP contribution in [0.25, 0.3) is 0 Å². The molecule has 26 heavy (non-hydrogen) atoms. The number of nitrogens with zero attached hydrogens (tertiary/aromatic N) is 2. The molecule has 0 aromatic heterocycles. The van der Waals surface area contributed by atoms with Crippen molar-refractivity contribution in [2.24, 2.45) is 5.73 Å². The molecule has 4 nitrogen and oxygen atoms in total. The van der Waals surface area contributed by atoms with Crippen LogP contribution in [0.4, 0.5) is 0 Å². The standard InChI is InChI=1S/C22H29N3O/c1-17(2)20-7-3-18(4-8-20)15-24-11-13-25(14-12-24)16-19-5-9-21(10-6-19)22(23)26/h3-10,17H,11-16H2,1-2H3,(H2,23,26). The Morgan fingerprint density at radius 2 is 1.27 bits per heavy atom. The Hall–Kier alpha value is -2.17. The molecule has 0 spiro atoms. The summed E-state index contributed by atoms with van der Waals surface area (Å²) in [5.41, 5.74) is 9.89. The average molecular weight is 351 g/mol. The van der Waals surface area contributed by atoms with E-state index in [1.165, 1.54) is 16.7 Å². The van der Waals surface area contributed by atoms with E-state index in [9.17, 15) is 4.79 Å². The van der Waals surface area contributed by atoms with Crippen LogP contribution in [0.15, 0.2) is 48.5 Å². The highest BCUT2D eigenvalue weighted by atomic mass is 16.1. The van der Waals surface area contributed by atoms with E-state index in [1.807, 2.05) is 24.3 Å². The van der Waals surface area contributed by atoms with Crippen LogP contribution in [0.1, 0.15) is 46.8 Å². The van der Waals surface area contributed by atoms with Crippen molar-refractivity contribution in [1.29, 1.82) is 0 Å². The first-order valence-electron chi connectivity index (χ1n) is 9.43. The monoisotopic (exact) mass is 351 g/mol. The van der Waals surface area contributed by atoms with Crippen LogP contribution in [0.3, 0.4) is 0 Å². The van der Waals surface area contributed by atoms with E-state index in [0.717, 1.165) is 39.3 Å². The van der Waals surface area contributed by atoms with Gasteiger partial charge in [0.1, 0.15) is 0 Å². The van der Waals surface area contributed by atoms with Crippen molar-refractivity contribution < 1.29 is 4.79 Å². The minimum atomic E-state index is -0.369. The third-order valence-corrected chi connectivity index (χ3v) is 5.16. The van der Waals surface area contributed by atoms with Gasteiger partial charge in [0.05, 0.1) is 0 Å². The smallest absolute Gasteiger partial charge is 0.248 e. The van der Waals surface area contributed by atoms with Gasteiger partial charge in [-0.2, -0.15) is 0 Å². The molecule has 1 saturated heterocycles. The van der Waals surface area contributed by atoms with Gasteiger partial charge in [0.15, 0.2) is 0 Å². The highest BCUT2D eigenvalue weighted by Gasteiger charge is 2.17. The minimum Gasteiger partial charge on any atom is -0.366 e. The second-order valence-corrected chi connectivity index (χ2v) is 7.51. The second-order valence-electron chi connectivity index (χ2n) is 7.51. The molecule has 4 heteroatoms. The lowest BCUT2D eigenvalue weighted by Gasteiger charge is -2.34.